The fraction of sp³-hybridized carbons (Fsp3) is 0.500. The van der Waals surface area contributed by atoms with Gasteiger partial charge in [0.2, 0.25) is 0 Å². The molecule has 1 aliphatic rings. The van der Waals surface area contributed by atoms with E-state index in [2.05, 4.69) is 53.3 Å². The van der Waals surface area contributed by atoms with Gasteiger partial charge >= 0.3 is 0 Å². The van der Waals surface area contributed by atoms with Gasteiger partial charge in [-0.25, -0.2) is 0 Å². The van der Waals surface area contributed by atoms with Crippen LogP contribution in [0.5, 0.6) is 0 Å². The minimum Gasteiger partial charge on any atom is -0.316 e. The Morgan fingerprint density at radius 3 is 2.57 bits per heavy atom. The van der Waals surface area contributed by atoms with E-state index in [0.29, 0.717) is 11.8 Å². The van der Waals surface area contributed by atoms with Crippen LogP contribution < -0.4 is 5.32 Å². The molecule has 2 aromatic rings. The van der Waals surface area contributed by atoms with E-state index < -0.39 is 0 Å². The van der Waals surface area contributed by atoms with Crippen molar-refractivity contribution in [3.8, 4) is 0 Å². The van der Waals surface area contributed by atoms with Crippen molar-refractivity contribution in [3.05, 3.63) is 42.1 Å². The van der Waals surface area contributed by atoms with Crippen molar-refractivity contribution in [2.24, 2.45) is 11.8 Å². The zero-order chi connectivity index (χ0) is 14.7. The highest BCUT2D eigenvalue weighted by Gasteiger charge is 2.18. The van der Waals surface area contributed by atoms with Crippen LogP contribution in [-0.2, 0) is 6.54 Å². The van der Waals surface area contributed by atoms with E-state index in [1.807, 2.05) is 12.3 Å². The van der Waals surface area contributed by atoms with Gasteiger partial charge < -0.3 is 5.32 Å². The average molecular weight is 283 g/mol. The summed E-state index contributed by atoms with van der Waals surface area (Å²) < 4.78 is 0. The Morgan fingerprint density at radius 1 is 1.10 bits per heavy atom. The molecule has 3 heteroatoms. The molecule has 1 N–H and O–H groups in total. The highest BCUT2D eigenvalue weighted by atomic mass is 15.1. The summed E-state index contributed by atoms with van der Waals surface area (Å²) in [5, 5.41) is 4.80. The monoisotopic (exact) mass is 283 g/mol. The second-order valence-corrected chi connectivity index (χ2v) is 6.55. The number of hydrogen-bond donors (Lipinski definition) is 1. The summed E-state index contributed by atoms with van der Waals surface area (Å²) in [6, 6.07) is 10.7. The third kappa shape index (κ3) is 3.60. The zero-order valence-corrected chi connectivity index (χ0v) is 13.0. The molecule has 0 amide bonds. The molecule has 2 heterocycles. The lowest BCUT2D eigenvalue weighted by molar-refractivity contribution is 0.179. The average Bonchev–Trinajstić information content (AvgIpc) is 2.46. The summed E-state index contributed by atoms with van der Waals surface area (Å²) in [7, 11) is 0. The summed E-state index contributed by atoms with van der Waals surface area (Å²) in [6.45, 7) is 10.2. The molecule has 0 radical (unpaired) electrons. The van der Waals surface area contributed by atoms with Gasteiger partial charge in [0.15, 0.2) is 0 Å². The first-order chi connectivity index (χ1) is 10.2. The highest BCUT2D eigenvalue weighted by Crippen LogP contribution is 2.19. The normalized spacial score (nSPS) is 24.7. The summed E-state index contributed by atoms with van der Waals surface area (Å²) in [6.07, 6.45) is 1.90. The third-order valence-corrected chi connectivity index (χ3v) is 4.24. The number of rotatable bonds is 2. The Labute approximate surface area is 127 Å². The number of fused-ring (bicyclic) bond motifs is 1. The minimum absolute atomic E-state index is 0.695. The van der Waals surface area contributed by atoms with Crippen LogP contribution in [0.15, 0.2) is 36.5 Å². The van der Waals surface area contributed by atoms with Crippen molar-refractivity contribution in [2.45, 2.75) is 20.4 Å². The molecule has 2 unspecified atom stereocenters. The van der Waals surface area contributed by atoms with E-state index in [4.69, 9.17) is 0 Å². The van der Waals surface area contributed by atoms with Crippen LogP contribution in [0.2, 0.25) is 0 Å². The van der Waals surface area contributed by atoms with Crippen molar-refractivity contribution < 1.29 is 0 Å². The van der Waals surface area contributed by atoms with Crippen molar-refractivity contribution in [1.29, 1.82) is 0 Å². The van der Waals surface area contributed by atoms with Gasteiger partial charge in [-0.2, -0.15) is 0 Å². The second-order valence-electron chi connectivity index (χ2n) is 6.55. The fourth-order valence-electron chi connectivity index (χ4n) is 3.33. The summed E-state index contributed by atoms with van der Waals surface area (Å²) in [4.78, 5) is 7.18. The standard InChI is InChI=1S/C18H25N3/c1-14-9-19-10-15(2)12-21(11-14)13-17-6-3-5-16-7-4-8-20-18(16)17/h3-8,14-15,19H,9-13H2,1-2H3. The molecule has 0 spiro atoms. The van der Waals surface area contributed by atoms with Gasteiger partial charge in [0.25, 0.3) is 0 Å². The number of nitrogens with zero attached hydrogens (tertiary/aromatic N) is 2. The molecular formula is C18H25N3. The predicted octanol–water partition coefficient (Wildman–Crippen LogP) is 2.91. The van der Waals surface area contributed by atoms with Crippen LogP contribution in [-0.4, -0.2) is 36.1 Å². The summed E-state index contributed by atoms with van der Waals surface area (Å²) in [5.41, 5.74) is 2.50. The van der Waals surface area contributed by atoms with Gasteiger partial charge in [0.05, 0.1) is 5.52 Å². The maximum atomic E-state index is 4.59. The molecule has 1 aromatic carbocycles. The van der Waals surface area contributed by atoms with Crippen LogP contribution in [0.1, 0.15) is 19.4 Å². The fourth-order valence-corrected chi connectivity index (χ4v) is 3.33. The Hall–Kier alpha value is -1.45. The first kappa shape index (κ1) is 14.5. The lowest BCUT2D eigenvalue weighted by Gasteiger charge is -2.32. The molecule has 1 aliphatic heterocycles. The Kier molecular flexibility index (Phi) is 4.51. The van der Waals surface area contributed by atoms with Gasteiger partial charge in [0, 0.05) is 31.2 Å². The van der Waals surface area contributed by atoms with E-state index >= 15 is 0 Å². The molecule has 3 nitrogen and oxygen atoms in total. The van der Waals surface area contributed by atoms with Crippen LogP contribution in [0.3, 0.4) is 0 Å². The Morgan fingerprint density at radius 2 is 1.81 bits per heavy atom. The first-order valence-electron chi connectivity index (χ1n) is 7.98. The Bertz CT molecular complexity index is 579. The van der Waals surface area contributed by atoms with Crippen LogP contribution in [0, 0.1) is 11.8 Å². The molecule has 0 aliphatic carbocycles. The quantitative estimate of drug-likeness (QED) is 0.918. The second kappa shape index (κ2) is 6.54. The molecule has 3 rings (SSSR count). The SMILES string of the molecule is CC1CNCC(C)CN(Cc2cccc3cccnc23)C1. The highest BCUT2D eigenvalue weighted by molar-refractivity contribution is 5.81. The Balaban J connectivity index is 1.82. The van der Waals surface area contributed by atoms with E-state index in [0.717, 1.165) is 38.2 Å². The molecule has 0 saturated carbocycles. The number of pyridine rings is 1. The summed E-state index contributed by atoms with van der Waals surface area (Å²) >= 11 is 0. The van der Waals surface area contributed by atoms with Crippen molar-refractivity contribution in [2.75, 3.05) is 26.2 Å². The van der Waals surface area contributed by atoms with Gasteiger partial charge in [-0.1, -0.05) is 38.1 Å². The maximum Gasteiger partial charge on any atom is 0.0746 e. The third-order valence-electron chi connectivity index (χ3n) is 4.24. The first-order valence-corrected chi connectivity index (χ1v) is 7.98. The maximum absolute atomic E-state index is 4.59. The van der Waals surface area contributed by atoms with Gasteiger partial charge in [-0.3, -0.25) is 9.88 Å². The lowest BCUT2D eigenvalue weighted by Crippen LogP contribution is -2.42. The molecule has 2 atom stereocenters. The zero-order valence-electron chi connectivity index (χ0n) is 13.0. The van der Waals surface area contributed by atoms with E-state index in [-0.39, 0.29) is 0 Å². The van der Waals surface area contributed by atoms with Crippen molar-refractivity contribution >= 4 is 10.9 Å². The van der Waals surface area contributed by atoms with Crippen molar-refractivity contribution in [1.82, 2.24) is 15.2 Å². The smallest absolute Gasteiger partial charge is 0.0746 e. The van der Waals surface area contributed by atoms with Crippen molar-refractivity contribution in [3.63, 3.8) is 0 Å². The minimum atomic E-state index is 0.695. The predicted molar refractivity (Wildman–Crippen MR) is 88.2 cm³/mol. The van der Waals surface area contributed by atoms with Crippen LogP contribution in [0.25, 0.3) is 10.9 Å². The molecular weight excluding hydrogens is 258 g/mol. The van der Waals surface area contributed by atoms with Crippen LogP contribution in [0.4, 0.5) is 0 Å². The number of nitrogens with one attached hydrogen (secondary N) is 1. The lowest BCUT2D eigenvalue weighted by atomic mass is 10.0. The van der Waals surface area contributed by atoms with Crippen LogP contribution >= 0.6 is 0 Å². The molecule has 112 valence electrons. The largest absolute Gasteiger partial charge is 0.316 e. The van der Waals surface area contributed by atoms with E-state index in [9.17, 15) is 0 Å². The summed E-state index contributed by atoms with van der Waals surface area (Å²) in [5.74, 6) is 1.39. The number of hydrogen-bond acceptors (Lipinski definition) is 3. The van der Waals surface area contributed by atoms with Gasteiger partial charge in [-0.05, 0) is 36.6 Å². The molecule has 1 saturated heterocycles. The number of aromatic nitrogens is 1. The topological polar surface area (TPSA) is 28.2 Å². The molecule has 0 bridgehead atoms. The number of benzene rings is 1. The van der Waals surface area contributed by atoms with E-state index in [1.165, 1.54) is 10.9 Å². The molecule has 1 fully saturated rings. The van der Waals surface area contributed by atoms with Gasteiger partial charge in [-0.15, -0.1) is 0 Å². The van der Waals surface area contributed by atoms with Gasteiger partial charge in [0.1, 0.15) is 0 Å². The van der Waals surface area contributed by atoms with E-state index in [1.54, 1.807) is 0 Å². The number of para-hydroxylation sites is 1. The molecule has 1 aromatic heterocycles. The molecule has 21 heavy (non-hydrogen) atoms.